The molecule has 1 saturated carbocycles. The number of hydrogen-bond acceptors (Lipinski definition) is 4. The van der Waals surface area contributed by atoms with Gasteiger partial charge < -0.3 is 14.2 Å². The van der Waals surface area contributed by atoms with E-state index >= 15 is 0 Å². The molecule has 7 rings (SSSR count). The Balaban J connectivity index is 1.28. The first kappa shape index (κ1) is 27.4. The highest BCUT2D eigenvalue weighted by atomic mass is 19.1. The van der Waals surface area contributed by atoms with Crippen LogP contribution in [0.15, 0.2) is 48.0 Å². The highest BCUT2D eigenvalue weighted by Crippen LogP contribution is 2.46. The normalized spacial score (nSPS) is 22.0. The van der Waals surface area contributed by atoms with E-state index in [4.69, 9.17) is 4.74 Å². The van der Waals surface area contributed by atoms with E-state index < -0.39 is 6.17 Å². The minimum atomic E-state index is -0.718. The van der Waals surface area contributed by atoms with Crippen molar-refractivity contribution < 1.29 is 18.7 Å². The fraction of sp³-hybridized carbons (Fsp3) is 0.486. The zero-order valence-electron chi connectivity index (χ0n) is 24.5. The average molecular weight is 570 g/mol. The SMILES string of the molecule is COC(=O)c1ccc2c(C3CCCCC3)c3n(c2c1)CC(C(=O)N1CCC(N2CC[C@H](F)C2)CC1)=Cc1ccccc1-3. The van der Waals surface area contributed by atoms with Gasteiger partial charge in [-0.05, 0) is 67.4 Å². The Morgan fingerprint density at radius 1 is 0.929 bits per heavy atom. The van der Waals surface area contributed by atoms with E-state index in [-0.39, 0.29) is 11.9 Å². The van der Waals surface area contributed by atoms with Crippen molar-refractivity contribution in [1.29, 1.82) is 0 Å². The topological polar surface area (TPSA) is 54.8 Å². The first-order valence-corrected chi connectivity index (χ1v) is 15.7. The summed E-state index contributed by atoms with van der Waals surface area (Å²) in [5, 5.41) is 1.17. The molecule has 0 N–H and O–H groups in total. The molecule has 7 heteroatoms. The molecule has 4 aliphatic rings. The summed E-state index contributed by atoms with van der Waals surface area (Å²) >= 11 is 0. The summed E-state index contributed by atoms with van der Waals surface area (Å²) in [4.78, 5) is 31.0. The van der Waals surface area contributed by atoms with Gasteiger partial charge in [-0.2, -0.15) is 0 Å². The summed E-state index contributed by atoms with van der Waals surface area (Å²) in [5.74, 6) is 0.166. The van der Waals surface area contributed by atoms with Crippen LogP contribution in [0.1, 0.15) is 78.8 Å². The molecule has 0 spiro atoms. The van der Waals surface area contributed by atoms with Crippen LogP contribution in [0.2, 0.25) is 0 Å². The van der Waals surface area contributed by atoms with E-state index in [1.54, 1.807) is 0 Å². The van der Waals surface area contributed by atoms with Crippen LogP contribution in [0.3, 0.4) is 0 Å². The van der Waals surface area contributed by atoms with Gasteiger partial charge in [0.05, 0.1) is 24.9 Å². The predicted molar refractivity (Wildman–Crippen MR) is 163 cm³/mol. The minimum Gasteiger partial charge on any atom is -0.465 e. The maximum Gasteiger partial charge on any atom is 0.337 e. The Morgan fingerprint density at radius 3 is 2.45 bits per heavy atom. The van der Waals surface area contributed by atoms with Crippen molar-refractivity contribution in [3.63, 3.8) is 0 Å². The van der Waals surface area contributed by atoms with Gasteiger partial charge in [0.15, 0.2) is 0 Å². The van der Waals surface area contributed by atoms with Gasteiger partial charge in [-0.1, -0.05) is 49.6 Å². The van der Waals surface area contributed by atoms with Crippen LogP contribution in [0.5, 0.6) is 0 Å². The molecule has 1 aliphatic carbocycles. The number of methoxy groups -OCH3 is 1. The van der Waals surface area contributed by atoms with Gasteiger partial charge in [0.25, 0.3) is 5.91 Å². The van der Waals surface area contributed by atoms with Gasteiger partial charge in [-0.25, -0.2) is 9.18 Å². The van der Waals surface area contributed by atoms with Crippen LogP contribution in [0, 0.1) is 0 Å². The average Bonchev–Trinajstić information content (AvgIpc) is 3.56. The second-order valence-electron chi connectivity index (χ2n) is 12.6. The number of nitrogens with zero attached hydrogens (tertiary/aromatic N) is 3. The number of likely N-dealkylation sites (tertiary alicyclic amines) is 2. The third-order valence-corrected chi connectivity index (χ3v) is 10.1. The maximum atomic E-state index is 14.2. The van der Waals surface area contributed by atoms with E-state index in [1.807, 2.05) is 23.1 Å². The maximum absolute atomic E-state index is 14.2. The Hall–Kier alpha value is -3.45. The number of carbonyl (C=O) groups is 2. The number of alkyl halides is 1. The summed E-state index contributed by atoms with van der Waals surface area (Å²) in [6.45, 7) is 3.18. The molecule has 2 saturated heterocycles. The third-order valence-electron chi connectivity index (χ3n) is 10.1. The van der Waals surface area contributed by atoms with E-state index in [1.165, 1.54) is 43.0 Å². The van der Waals surface area contributed by atoms with Crippen LogP contribution in [-0.4, -0.2) is 71.7 Å². The highest BCUT2D eigenvalue weighted by Gasteiger charge is 2.34. The Morgan fingerprint density at radius 2 is 1.71 bits per heavy atom. The van der Waals surface area contributed by atoms with E-state index in [9.17, 15) is 14.0 Å². The number of fused-ring (bicyclic) bond motifs is 5. The van der Waals surface area contributed by atoms with Gasteiger partial charge in [-0.15, -0.1) is 0 Å². The largest absolute Gasteiger partial charge is 0.465 e. The zero-order chi connectivity index (χ0) is 28.8. The lowest BCUT2D eigenvalue weighted by Crippen LogP contribution is -2.46. The smallest absolute Gasteiger partial charge is 0.337 e. The van der Waals surface area contributed by atoms with Crippen molar-refractivity contribution in [2.75, 3.05) is 33.3 Å². The zero-order valence-corrected chi connectivity index (χ0v) is 24.5. The number of hydrogen-bond donors (Lipinski definition) is 0. The fourth-order valence-electron chi connectivity index (χ4n) is 7.96. The molecule has 42 heavy (non-hydrogen) atoms. The number of aromatic nitrogens is 1. The molecule has 0 radical (unpaired) electrons. The second-order valence-corrected chi connectivity index (χ2v) is 12.6. The number of carbonyl (C=O) groups excluding carboxylic acids is 2. The van der Waals surface area contributed by atoms with Gasteiger partial charge in [0.1, 0.15) is 6.17 Å². The summed E-state index contributed by atoms with van der Waals surface area (Å²) in [7, 11) is 1.41. The lowest BCUT2D eigenvalue weighted by molar-refractivity contribution is -0.128. The molecule has 220 valence electrons. The number of halogens is 1. The molecule has 3 aliphatic heterocycles. The first-order chi connectivity index (χ1) is 20.5. The standard InChI is InChI=1S/C35H40FN3O3/c1-42-35(41)25-11-12-30-31(20-25)39-21-26(34(40)37-17-14-28(15-18-37)38-16-13-27(36)22-38)19-24-9-5-6-10-29(24)33(39)32(30)23-7-3-2-4-8-23/h5-6,9-12,19-20,23,27-28H,2-4,7-8,13-18,21-22H2,1H3/t27-/m0/s1. The Labute approximate surface area is 247 Å². The minimum absolute atomic E-state index is 0.0751. The molecule has 1 amide bonds. The van der Waals surface area contributed by atoms with Crippen molar-refractivity contribution in [3.8, 4) is 11.3 Å². The van der Waals surface area contributed by atoms with Gasteiger partial charge in [0.2, 0.25) is 0 Å². The van der Waals surface area contributed by atoms with Gasteiger partial charge in [0, 0.05) is 54.3 Å². The van der Waals surface area contributed by atoms with E-state index in [0.717, 1.165) is 54.4 Å². The number of piperidine rings is 1. The van der Waals surface area contributed by atoms with Gasteiger partial charge >= 0.3 is 5.97 Å². The van der Waals surface area contributed by atoms with Crippen LogP contribution in [0.25, 0.3) is 28.2 Å². The van der Waals surface area contributed by atoms with E-state index in [0.29, 0.717) is 50.1 Å². The summed E-state index contributed by atoms with van der Waals surface area (Å²) in [5.41, 5.74) is 7.01. The molecule has 1 aromatic heterocycles. The van der Waals surface area contributed by atoms with Crippen LogP contribution in [-0.2, 0) is 16.1 Å². The first-order valence-electron chi connectivity index (χ1n) is 15.7. The fourth-order valence-corrected chi connectivity index (χ4v) is 7.96. The van der Waals surface area contributed by atoms with Crippen molar-refractivity contribution >= 4 is 28.9 Å². The molecule has 0 unspecified atom stereocenters. The molecule has 4 heterocycles. The number of ether oxygens (including phenoxy) is 1. The lowest BCUT2D eigenvalue weighted by Gasteiger charge is -2.37. The monoisotopic (exact) mass is 569 g/mol. The van der Waals surface area contributed by atoms with E-state index in [2.05, 4.69) is 39.8 Å². The summed E-state index contributed by atoms with van der Waals surface area (Å²) in [6.07, 6.45) is 9.79. The Bertz CT molecular complexity index is 1540. The molecule has 3 fully saturated rings. The highest BCUT2D eigenvalue weighted by molar-refractivity contribution is 6.03. The van der Waals surface area contributed by atoms with Crippen molar-refractivity contribution in [1.82, 2.24) is 14.4 Å². The number of benzene rings is 2. The molecule has 3 aromatic rings. The quantitative estimate of drug-likeness (QED) is 0.334. The molecular weight excluding hydrogens is 529 g/mol. The Kier molecular flexibility index (Phi) is 7.39. The van der Waals surface area contributed by atoms with Crippen LogP contribution in [0.4, 0.5) is 4.39 Å². The summed E-state index contributed by atoms with van der Waals surface area (Å²) < 4.78 is 21.2. The number of rotatable bonds is 4. The molecule has 1 atom stereocenters. The van der Waals surface area contributed by atoms with Crippen molar-refractivity contribution in [2.45, 2.75) is 76.0 Å². The molecular formula is C35H40FN3O3. The summed E-state index contributed by atoms with van der Waals surface area (Å²) in [6, 6.07) is 14.7. The van der Waals surface area contributed by atoms with Crippen LogP contribution < -0.4 is 0 Å². The molecule has 0 bridgehead atoms. The molecule has 2 aromatic carbocycles. The third kappa shape index (κ3) is 4.85. The van der Waals surface area contributed by atoms with Crippen molar-refractivity contribution in [3.05, 3.63) is 64.7 Å². The van der Waals surface area contributed by atoms with Gasteiger partial charge in [-0.3, -0.25) is 9.69 Å². The van der Waals surface area contributed by atoms with Crippen molar-refractivity contribution in [2.24, 2.45) is 0 Å². The van der Waals surface area contributed by atoms with Crippen LogP contribution >= 0.6 is 0 Å². The lowest BCUT2D eigenvalue weighted by atomic mass is 9.81. The number of amides is 1. The predicted octanol–water partition coefficient (Wildman–Crippen LogP) is 6.57. The number of esters is 1. The molecule has 6 nitrogen and oxygen atoms in total. The second kappa shape index (κ2) is 11.3.